The van der Waals surface area contributed by atoms with Crippen LogP contribution < -0.4 is 0 Å². The monoisotopic (exact) mass is 251 g/mol. The van der Waals surface area contributed by atoms with E-state index in [9.17, 15) is 4.79 Å². The zero-order chi connectivity index (χ0) is 13.2. The smallest absolute Gasteiger partial charge is 0.410 e. The lowest BCUT2D eigenvalue weighted by Crippen LogP contribution is -2.42. The van der Waals surface area contributed by atoms with Crippen LogP contribution in [-0.2, 0) is 4.74 Å². The molecule has 0 saturated carbocycles. The van der Waals surface area contributed by atoms with E-state index in [1.165, 1.54) is 0 Å². The molecule has 1 aliphatic rings. The van der Waals surface area contributed by atoms with Gasteiger partial charge in [-0.05, 0) is 33.6 Å². The van der Waals surface area contributed by atoms with Crippen LogP contribution in [0.2, 0.25) is 0 Å². The average Bonchev–Trinajstić information content (AvgIpc) is 2.80. The summed E-state index contributed by atoms with van der Waals surface area (Å²) in [7, 11) is 0. The summed E-state index contributed by atoms with van der Waals surface area (Å²) in [5.41, 5.74) is -0.436. The van der Waals surface area contributed by atoms with Gasteiger partial charge in [-0.2, -0.15) is 0 Å². The third-order valence-corrected chi connectivity index (χ3v) is 2.89. The lowest BCUT2D eigenvalue weighted by atomic mass is 10.1. The van der Waals surface area contributed by atoms with Crippen molar-refractivity contribution in [3.63, 3.8) is 0 Å². The lowest BCUT2D eigenvalue weighted by Gasteiger charge is -2.33. The summed E-state index contributed by atoms with van der Waals surface area (Å²) >= 11 is 0. The lowest BCUT2D eigenvalue weighted by molar-refractivity contribution is 0.0184. The van der Waals surface area contributed by atoms with Gasteiger partial charge in [0.2, 0.25) is 0 Å². The molecule has 0 spiro atoms. The number of aromatic nitrogens is 3. The van der Waals surface area contributed by atoms with Crippen LogP contribution in [0.25, 0.3) is 0 Å². The predicted molar refractivity (Wildman–Crippen MR) is 64.9 cm³/mol. The molecule has 1 aromatic heterocycles. The van der Waals surface area contributed by atoms with Crippen LogP contribution >= 0.6 is 0 Å². The van der Waals surface area contributed by atoms with Crippen molar-refractivity contribution in [2.45, 2.75) is 45.3 Å². The van der Waals surface area contributed by atoms with E-state index < -0.39 is 5.60 Å². The Hall–Kier alpha value is -1.59. The quantitative estimate of drug-likeness (QED) is 0.761. The number of hydrogen-bond donors (Lipinski definition) is 0. The van der Waals surface area contributed by atoms with Crippen molar-refractivity contribution in [1.82, 2.24) is 19.9 Å². The molecule has 1 aromatic rings. The van der Waals surface area contributed by atoms with Crippen LogP contribution in [0.5, 0.6) is 0 Å². The maximum absolute atomic E-state index is 11.9. The Kier molecular flexibility index (Phi) is 3.54. The number of nitrogens with zero attached hydrogens (tertiary/aromatic N) is 4. The second-order valence-electron chi connectivity index (χ2n) is 5.53. The molecule has 0 atom stereocenters. The molecule has 1 fully saturated rings. The van der Waals surface area contributed by atoms with Crippen LogP contribution in [0, 0.1) is 6.20 Å². The summed E-state index contributed by atoms with van der Waals surface area (Å²) in [6.07, 6.45) is 5.95. The van der Waals surface area contributed by atoms with Gasteiger partial charge in [-0.15, -0.1) is 5.10 Å². The molecular weight excluding hydrogens is 232 g/mol. The first kappa shape index (κ1) is 12.9. The highest BCUT2D eigenvalue weighted by molar-refractivity contribution is 5.68. The molecule has 0 aromatic carbocycles. The van der Waals surface area contributed by atoms with Gasteiger partial charge in [0, 0.05) is 13.1 Å². The van der Waals surface area contributed by atoms with Crippen LogP contribution in [0.4, 0.5) is 4.79 Å². The van der Waals surface area contributed by atoms with Crippen LogP contribution in [0.3, 0.4) is 0 Å². The Balaban J connectivity index is 1.85. The number of hydrogen-bond acceptors (Lipinski definition) is 4. The van der Waals surface area contributed by atoms with E-state index in [1.54, 1.807) is 11.1 Å². The van der Waals surface area contributed by atoms with Gasteiger partial charge in [-0.3, -0.25) is 0 Å². The van der Waals surface area contributed by atoms with Gasteiger partial charge in [0.15, 0.2) is 0 Å². The fraction of sp³-hybridized carbons (Fsp3) is 0.750. The van der Waals surface area contributed by atoms with E-state index in [0.717, 1.165) is 12.8 Å². The molecule has 0 bridgehead atoms. The van der Waals surface area contributed by atoms with E-state index >= 15 is 0 Å². The maximum atomic E-state index is 11.9. The number of ether oxygens (including phenoxy) is 1. The summed E-state index contributed by atoms with van der Waals surface area (Å²) < 4.78 is 7.16. The van der Waals surface area contributed by atoms with E-state index in [4.69, 9.17) is 4.74 Å². The minimum atomic E-state index is -0.436. The van der Waals surface area contributed by atoms with Crippen molar-refractivity contribution >= 4 is 6.09 Å². The molecule has 99 valence electrons. The molecule has 0 unspecified atom stereocenters. The Morgan fingerprint density at radius 1 is 1.39 bits per heavy atom. The average molecular weight is 251 g/mol. The van der Waals surface area contributed by atoms with Gasteiger partial charge in [-0.25, -0.2) is 9.48 Å². The molecule has 0 aliphatic carbocycles. The molecule has 2 rings (SSSR count). The van der Waals surface area contributed by atoms with Crippen LogP contribution in [0.15, 0.2) is 6.20 Å². The molecule has 18 heavy (non-hydrogen) atoms. The molecule has 1 amide bonds. The normalized spacial score (nSPS) is 17.8. The number of piperidine rings is 1. The minimum absolute atomic E-state index is 0.230. The number of carbonyl (C=O) groups excluding carboxylic acids is 1. The zero-order valence-electron chi connectivity index (χ0n) is 11.1. The fourth-order valence-corrected chi connectivity index (χ4v) is 2.01. The zero-order valence-corrected chi connectivity index (χ0v) is 11.1. The standard InChI is InChI=1S/C12H19N4O2/c1-12(2,3)18-11(17)15-7-4-10(5-8-15)16-9-6-13-14-16/h9-10H,4-5,7-8H2,1-3H3. The topological polar surface area (TPSA) is 60.2 Å². The summed E-state index contributed by atoms with van der Waals surface area (Å²) in [6, 6.07) is 0.308. The van der Waals surface area contributed by atoms with E-state index in [0.29, 0.717) is 19.1 Å². The van der Waals surface area contributed by atoms with E-state index in [1.807, 2.05) is 25.5 Å². The molecule has 1 saturated heterocycles. The van der Waals surface area contributed by atoms with Crippen molar-refractivity contribution in [2.75, 3.05) is 13.1 Å². The number of rotatable bonds is 1. The SMILES string of the molecule is CC(C)(C)OC(=O)N1CCC(n2c[c]nn2)CC1. The largest absolute Gasteiger partial charge is 0.444 e. The van der Waals surface area contributed by atoms with Crippen molar-refractivity contribution in [2.24, 2.45) is 0 Å². The van der Waals surface area contributed by atoms with Crippen molar-refractivity contribution in [3.05, 3.63) is 12.4 Å². The fourth-order valence-electron chi connectivity index (χ4n) is 2.01. The highest BCUT2D eigenvalue weighted by atomic mass is 16.6. The second kappa shape index (κ2) is 4.96. The van der Waals surface area contributed by atoms with Crippen molar-refractivity contribution in [3.8, 4) is 0 Å². The second-order valence-corrected chi connectivity index (χ2v) is 5.53. The van der Waals surface area contributed by atoms with Gasteiger partial charge >= 0.3 is 6.09 Å². The number of likely N-dealkylation sites (tertiary alicyclic amines) is 1. The summed E-state index contributed by atoms with van der Waals surface area (Å²) in [4.78, 5) is 13.6. The van der Waals surface area contributed by atoms with Crippen LogP contribution in [-0.4, -0.2) is 44.7 Å². The van der Waals surface area contributed by atoms with Gasteiger partial charge < -0.3 is 9.64 Å². The molecule has 1 radical (unpaired) electrons. The van der Waals surface area contributed by atoms with E-state index in [2.05, 4.69) is 16.5 Å². The predicted octanol–water partition coefficient (Wildman–Crippen LogP) is 1.65. The van der Waals surface area contributed by atoms with Gasteiger partial charge in [0.05, 0.1) is 12.2 Å². The van der Waals surface area contributed by atoms with Crippen molar-refractivity contribution < 1.29 is 9.53 Å². The number of amides is 1. The Morgan fingerprint density at radius 2 is 2.06 bits per heavy atom. The highest BCUT2D eigenvalue weighted by Gasteiger charge is 2.27. The maximum Gasteiger partial charge on any atom is 0.410 e. The first-order valence-electron chi connectivity index (χ1n) is 6.21. The minimum Gasteiger partial charge on any atom is -0.444 e. The first-order chi connectivity index (χ1) is 8.46. The third-order valence-electron chi connectivity index (χ3n) is 2.89. The summed E-state index contributed by atoms with van der Waals surface area (Å²) in [5, 5.41) is 7.63. The molecule has 1 aliphatic heterocycles. The van der Waals surface area contributed by atoms with Gasteiger partial charge in [0.1, 0.15) is 11.8 Å². The molecular formula is C12H19N4O2. The summed E-state index contributed by atoms with van der Waals surface area (Å²) in [5.74, 6) is 0. The Bertz CT molecular complexity index is 389. The molecule has 6 nitrogen and oxygen atoms in total. The summed E-state index contributed by atoms with van der Waals surface area (Å²) in [6.45, 7) is 7.02. The first-order valence-corrected chi connectivity index (χ1v) is 6.21. The Morgan fingerprint density at radius 3 is 2.56 bits per heavy atom. The molecule has 2 heterocycles. The Labute approximate surface area is 107 Å². The van der Waals surface area contributed by atoms with Crippen LogP contribution in [0.1, 0.15) is 39.7 Å². The number of carbonyl (C=O) groups is 1. The van der Waals surface area contributed by atoms with Gasteiger partial charge in [-0.1, -0.05) is 5.21 Å². The van der Waals surface area contributed by atoms with Crippen molar-refractivity contribution in [1.29, 1.82) is 0 Å². The molecule has 0 N–H and O–H groups in total. The highest BCUT2D eigenvalue weighted by Crippen LogP contribution is 2.22. The molecule has 6 heteroatoms. The third kappa shape index (κ3) is 3.21. The van der Waals surface area contributed by atoms with E-state index in [-0.39, 0.29) is 6.09 Å². The van der Waals surface area contributed by atoms with Gasteiger partial charge in [0.25, 0.3) is 0 Å².